The van der Waals surface area contributed by atoms with Crippen LogP contribution in [0.15, 0.2) is 54.6 Å². The molecule has 0 heterocycles. The molecule has 1 aliphatic rings. The predicted octanol–water partition coefficient (Wildman–Crippen LogP) is 7.42. The highest BCUT2D eigenvalue weighted by Gasteiger charge is 2.81. The van der Waals surface area contributed by atoms with Gasteiger partial charge >= 0.3 is 5.97 Å². The summed E-state index contributed by atoms with van der Waals surface area (Å²) in [5.74, 6) is -0.947. The second-order valence-electron chi connectivity index (χ2n) is 7.87. The summed E-state index contributed by atoms with van der Waals surface area (Å²) in [5.41, 5.74) is -1.29. The van der Waals surface area contributed by atoms with Gasteiger partial charge in [0.25, 0.3) is 0 Å². The van der Waals surface area contributed by atoms with Gasteiger partial charge in [0.1, 0.15) is 13.6 Å². The Bertz CT molecular complexity index is 984. The van der Waals surface area contributed by atoms with Crippen molar-refractivity contribution in [3.05, 3.63) is 60.2 Å². The van der Waals surface area contributed by atoms with Crippen LogP contribution in [0.1, 0.15) is 25.3 Å². The van der Waals surface area contributed by atoms with Crippen LogP contribution in [0.2, 0.25) is 0 Å². The fraction of sp³-hybridized carbons (Fsp3) is 0.364. The molecule has 0 saturated heterocycles. The standard InChI is InChI=1S/C22H19Br4NO3/c1-20(2)17(18(23)22(24,25)26)21(20,19(28)29)16(12-27)13-7-6-10-15(11-13)30-14-8-4-3-5-9-14/h3-11,16-18H,1-2H3,(H,28,29)/t16?,17-,18-,21-/m0/s1. The fourth-order valence-electron chi connectivity index (χ4n) is 4.53. The lowest BCUT2D eigenvalue weighted by molar-refractivity contribution is -0.145. The number of benzene rings is 2. The first kappa shape index (κ1) is 23.8. The van der Waals surface area contributed by atoms with E-state index in [1.807, 2.05) is 44.2 Å². The lowest BCUT2D eigenvalue weighted by Gasteiger charge is -2.25. The van der Waals surface area contributed by atoms with Crippen LogP contribution in [-0.2, 0) is 4.79 Å². The molecule has 1 unspecified atom stereocenters. The maximum Gasteiger partial charge on any atom is 0.312 e. The molecular formula is C22H19Br4NO3. The van der Waals surface area contributed by atoms with Crippen molar-refractivity contribution in [1.29, 1.82) is 5.26 Å². The number of nitriles is 1. The Balaban J connectivity index is 2.03. The molecule has 0 bridgehead atoms. The molecule has 2 aromatic rings. The van der Waals surface area contributed by atoms with E-state index in [2.05, 4.69) is 69.8 Å². The number of nitrogens with zero attached hydrogens (tertiary/aromatic N) is 1. The Hall–Kier alpha value is -0.880. The van der Waals surface area contributed by atoms with E-state index in [0.29, 0.717) is 17.1 Å². The molecule has 0 aliphatic heterocycles. The van der Waals surface area contributed by atoms with Crippen LogP contribution < -0.4 is 4.74 Å². The molecule has 1 saturated carbocycles. The summed E-state index contributed by atoms with van der Waals surface area (Å²) < 4.78 is 5.20. The largest absolute Gasteiger partial charge is 0.481 e. The Morgan fingerprint density at radius 1 is 1.13 bits per heavy atom. The van der Waals surface area contributed by atoms with Crippen molar-refractivity contribution in [2.75, 3.05) is 0 Å². The zero-order chi connectivity index (χ0) is 22.3. The highest BCUT2D eigenvalue weighted by molar-refractivity contribution is 9.40. The van der Waals surface area contributed by atoms with Gasteiger partial charge in [0.15, 0.2) is 0 Å². The van der Waals surface area contributed by atoms with Crippen molar-refractivity contribution in [2.45, 2.75) is 26.7 Å². The smallest absolute Gasteiger partial charge is 0.312 e. The van der Waals surface area contributed by atoms with Gasteiger partial charge in [0.05, 0.1) is 22.2 Å². The summed E-state index contributed by atoms with van der Waals surface area (Å²) in [6, 6.07) is 18.7. The van der Waals surface area contributed by atoms with E-state index in [9.17, 15) is 15.2 Å². The van der Waals surface area contributed by atoms with E-state index in [0.717, 1.165) is 0 Å². The molecule has 8 heteroatoms. The predicted molar refractivity (Wildman–Crippen MR) is 131 cm³/mol. The zero-order valence-corrected chi connectivity index (χ0v) is 22.5. The number of hydrogen-bond acceptors (Lipinski definition) is 3. The summed E-state index contributed by atoms with van der Waals surface area (Å²) in [5, 5.41) is 20.5. The van der Waals surface area contributed by atoms with Crippen molar-refractivity contribution in [3.63, 3.8) is 0 Å². The molecule has 1 aliphatic carbocycles. The molecule has 0 aromatic heterocycles. The first-order chi connectivity index (χ1) is 14.0. The maximum absolute atomic E-state index is 12.6. The second-order valence-corrected chi connectivity index (χ2v) is 15.8. The Morgan fingerprint density at radius 2 is 1.73 bits per heavy atom. The molecule has 0 spiro atoms. The van der Waals surface area contributed by atoms with Gasteiger partial charge < -0.3 is 9.84 Å². The van der Waals surface area contributed by atoms with Crippen LogP contribution in [-0.4, -0.2) is 18.0 Å². The monoisotopic (exact) mass is 661 g/mol. The summed E-state index contributed by atoms with van der Waals surface area (Å²) in [4.78, 5) is 12.3. The summed E-state index contributed by atoms with van der Waals surface area (Å²) in [6.07, 6.45) is 0. The fourth-order valence-corrected chi connectivity index (χ4v) is 6.40. The van der Waals surface area contributed by atoms with Gasteiger partial charge in [-0.3, -0.25) is 4.79 Å². The van der Waals surface area contributed by atoms with Crippen molar-refractivity contribution in [2.24, 2.45) is 16.7 Å². The van der Waals surface area contributed by atoms with E-state index in [1.54, 1.807) is 24.3 Å². The number of carboxylic acids is 1. The number of para-hydroxylation sites is 1. The number of ether oxygens (including phenoxy) is 1. The molecule has 30 heavy (non-hydrogen) atoms. The van der Waals surface area contributed by atoms with Crippen LogP contribution in [0.3, 0.4) is 0 Å². The first-order valence-electron chi connectivity index (χ1n) is 9.14. The van der Waals surface area contributed by atoms with Crippen molar-refractivity contribution in [3.8, 4) is 17.6 Å². The van der Waals surface area contributed by atoms with Gasteiger partial charge in [0.2, 0.25) is 0 Å². The van der Waals surface area contributed by atoms with Gasteiger partial charge in [-0.1, -0.05) is 108 Å². The summed E-state index contributed by atoms with van der Waals surface area (Å²) in [7, 11) is 0. The summed E-state index contributed by atoms with van der Waals surface area (Å²) in [6.45, 7) is 3.79. The highest BCUT2D eigenvalue weighted by Crippen LogP contribution is 2.78. The van der Waals surface area contributed by atoms with Crippen LogP contribution in [0, 0.1) is 28.1 Å². The molecule has 2 aromatic carbocycles. The van der Waals surface area contributed by atoms with E-state index in [1.165, 1.54) is 0 Å². The molecule has 0 amide bonds. The third-order valence-electron chi connectivity index (χ3n) is 5.96. The molecule has 158 valence electrons. The topological polar surface area (TPSA) is 70.3 Å². The van der Waals surface area contributed by atoms with Crippen molar-refractivity contribution in [1.82, 2.24) is 0 Å². The van der Waals surface area contributed by atoms with Gasteiger partial charge in [-0.25, -0.2) is 0 Å². The quantitative estimate of drug-likeness (QED) is 0.327. The molecule has 3 rings (SSSR count). The van der Waals surface area contributed by atoms with E-state index < -0.39 is 24.9 Å². The molecule has 1 N–H and O–H groups in total. The second kappa shape index (κ2) is 8.57. The van der Waals surface area contributed by atoms with Gasteiger partial charge in [0, 0.05) is 0 Å². The molecular weight excluding hydrogens is 646 g/mol. The average Bonchev–Trinajstić information content (AvgIpc) is 3.19. The van der Waals surface area contributed by atoms with Crippen LogP contribution in [0.25, 0.3) is 0 Å². The van der Waals surface area contributed by atoms with Gasteiger partial charge in [-0.15, -0.1) is 0 Å². The Labute approximate surface area is 209 Å². The highest BCUT2D eigenvalue weighted by atomic mass is 80.0. The van der Waals surface area contributed by atoms with Gasteiger partial charge in [-0.2, -0.15) is 5.26 Å². The van der Waals surface area contributed by atoms with Gasteiger partial charge in [-0.05, 0) is 41.2 Å². The Morgan fingerprint density at radius 3 is 2.27 bits per heavy atom. The zero-order valence-electron chi connectivity index (χ0n) is 16.2. The number of carboxylic acid groups (broad SMARTS) is 1. The number of rotatable bonds is 6. The number of carbonyl (C=O) groups is 1. The van der Waals surface area contributed by atoms with Crippen molar-refractivity contribution >= 4 is 69.7 Å². The van der Waals surface area contributed by atoms with Crippen LogP contribution in [0.4, 0.5) is 0 Å². The van der Waals surface area contributed by atoms with E-state index in [4.69, 9.17) is 4.74 Å². The summed E-state index contributed by atoms with van der Waals surface area (Å²) >= 11 is 14.1. The number of alkyl halides is 4. The molecule has 4 nitrogen and oxygen atoms in total. The number of hydrogen-bond donors (Lipinski definition) is 1. The third-order valence-corrected chi connectivity index (χ3v) is 10.5. The minimum absolute atomic E-state index is 0.296. The maximum atomic E-state index is 12.6. The normalized spacial score (nSPS) is 24.4. The number of aliphatic carboxylic acids is 1. The van der Waals surface area contributed by atoms with Crippen LogP contribution in [0.5, 0.6) is 11.5 Å². The minimum atomic E-state index is -1.28. The SMILES string of the molecule is CC1(C)[C@H]([C@H](Br)C(Br)(Br)Br)[C@]1(C(=O)O)C(C#N)c1cccc(Oc2ccccc2)c1. The average molecular weight is 665 g/mol. The minimum Gasteiger partial charge on any atom is -0.481 e. The van der Waals surface area contributed by atoms with E-state index >= 15 is 0 Å². The van der Waals surface area contributed by atoms with Crippen LogP contribution >= 0.6 is 63.7 Å². The lowest BCUT2D eigenvalue weighted by Crippen LogP contribution is -2.32. The molecule has 0 radical (unpaired) electrons. The van der Waals surface area contributed by atoms with Crippen molar-refractivity contribution < 1.29 is 14.6 Å². The molecule has 1 fully saturated rings. The Kier molecular flexibility index (Phi) is 6.79. The lowest BCUT2D eigenvalue weighted by atomic mass is 9.78. The number of halogens is 4. The molecule has 4 atom stereocenters. The first-order valence-corrected chi connectivity index (χ1v) is 12.4. The third kappa shape index (κ3) is 3.99. The van der Waals surface area contributed by atoms with E-state index in [-0.39, 0.29) is 10.7 Å².